The minimum absolute atomic E-state index is 0.723. The van der Waals surface area contributed by atoms with Crippen LogP contribution in [-0.4, -0.2) is 26.4 Å². The maximum atomic E-state index is 5.90. The third-order valence-electron chi connectivity index (χ3n) is 3.93. The molecule has 2 heterocycles. The highest BCUT2D eigenvalue weighted by atomic mass is 16.5. The van der Waals surface area contributed by atoms with Gasteiger partial charge in [0, 0.05) is 30.9 Å². The lowest BCUT2D eigenvalue weighted by atomic mass is 10.0. The van der Waals surface area contributed by atoms with E-state index in [0.29, 0.717) is 0 Å². The molecule has 0 fully saturated rings. The van der Waals surface area contributed by atoms with Crippen molar-refractivity contribution in [3.63, 3.8) is 0 Å². The van der Waals surface area contributed by atoms with Crippen molar-refractivity contribution in [2.45, 2.75) is 33.6 Å². The lowest BCUT2D eigenvalue weighted by Gasteiger charge is -2.11. The Hall–Kier alpha value is -2.69. The summed E-state index contributed by atoms with van der Waals surface area (Å²) in [5.74, 6) is 1.70. The number of hydrogen-bond donors (Lipinski definition) is 0. The maximum absolute atomic E-state index is 5.90. The second kappa shape index (κ2) is 7.47. The molecule has 0 aliphatic heterocycles. The van der Waals surface area contributed by atoms with Crippen LogP contribution in [0.4, 0.5) is 0 Å². The average Bonchev–Trinajstić information content (AvgIpc) is 2.94. The van der Waals surface area contributed by atoms with Gasteiger partial charge in [0.15, 0.2) is 0 Å². The van der Waals surface area contributed by atoms with Crippen LogP contribution in [0.25, 0.3) is 11.4 Å². The van der Waals surface area contributed by atoms with Crippen molar-refractivity contribution in [3.05, 3.63) is 59.2 Å². The van der Waals surface area contributed by atoms with E-state index in [1.807, 2.05) is 49.8 Å². The molecule has 0 saturated heterocycles. The van der Waals surface area contributed by atoms with Gasteiger partial charge in [0.1, 0.15) is 17.3 Å². The number of rotatable bonds is 6. The van der Waals surface area contributed by atoms with Crippen LogP contribution in [0.5, 0.6) is 5.75 Å². The summed E-state index contributed by atoms with van der Waals surface area (Å²) >= 11 is 0. The molecule has 5 heteroatoms. The van der Waals surface area contributed by atoms with Crippen LogP contribution in [0, 0.1) is 13.8 Å². The number of aryl methyl sites for hydroxylation is 3. The first-order chi connectivity index (χ1) is 12.1. The molecule has 3 rings (SSSR count). The molecule has 0 bridgehead atoms. The van der Waals surface area contributed by atoms with Gasteiger partial charge in [-0.15, -0.1) is 0 Å². The Balaban J connectivity index is 1.97. The minimum atomic E-state index is 0.723. The lowest BCUT2D eigenvalue weighted by Crippen LogP contribution is -2.00. The highest BCUT2D eigenvalue weighted by molar-refractivity contribution is 5.60. The molecule has 0 aliphatic rings. The molecule has 3 aromatic rings. The second-order valence-corrected chi connectivity index (χ2v) is 6.25. The van der Waals surface area contributed by atoms with Crippen LogP contribution >= 0.6 is 0 Å². The smallest absolute Gasteiger partial charge is 0.126 e. The Kier molecular flexibility index (Phi) is 5.12. The quantitative estimate of drug-likeness (QED) is 0.685. The molecule has 0 radical (unpaired) electrons. The van der Waals surface area contributed by atoms with E-state index in [4.69, 9.17) is 4.74 Å². The molecule has 130 valence electrons. The molecule has 0 saturated carbocycles. The highest BCUT2D eigenvalue weighted by Crippen LogP contribution is 2.27. The number of aromatic nitrogens is 4. The fourth-order valence-corrected chi connectivity index (χ4v) is 2.93. The van der Waals surface area contributed by atoms with Crippen LogP contribution in [-0.2, 0) is 13.5 Å². The first-order valence-electron chi connectivity index (χ1n) is 8.62. The van der Waals surface area contributed by atoms with Gasteiger partial charge in [0.05, 0.1) is 12.3 Å². The Morgan fingerprint density at radius 3 is 2.64 bits per heavy atom. The van der Waals surface area contributed by atoms with Crippen LogP contribution in [0.2, 0.25) is 0 Å². The zero-order valence-electron chi connectivity index (χ0n) is 15.3. The van der Waals surface area contributed by atoms with Gasteiger partial charge in [0.25, 0.3) is 0 Å². The largest absolute Gasteiger partial charge is 0.493 e. The van der Waals surface area contributed by atoms with Crippen molar-refractivity contribution in [3.8, 4) is 17.1 Å². The minimum Gasteiger partial charge on any atom is -0.493 e. The predicted molar refractivity (Wildman–Crippen MR) is 98.7 cm³/mol. The second-order valence-electron chi connectivity index (χ2n) is 6.25. The van der Waals surface area contributed by atoms with E-state index in [1.54, 1.807) is 0 Å². The van der Waals surface area contributed by atoms with Crippen molar-refractivity contribution in [1.82, 2.24) is 19.7 Å². The topological polar surface area (TPSA) is 52.8 Å². The van der Waals surface area contributed by atoms with E-state index in [-0.39, 0.29) is 0 Å². The first-order valence-corrected chi connectivity index (χ1v) is 8.62. The summed E-state index contributed by atoms with van der Waals surface area (Å²) in [6, 6.07) is 10.2. The van der Waals surface area contributed by atoms with E-state index < -0.39 is 0 Å². The summed E-state index contributed by atoms with van der Waals surface area (Å²) < 4.78 is 7.74. The fraction of sp³-hybridized carbons (Fsp3) is 0.350. The van der Waals surface area contributed by atoms with Crippen molar-refractivity contribution in [2.75, 3.05) is 6.61 Å². The summed E-state index contributed by atoms with van der Waals surface area (Å²) in [5.41, 5.74) is 5.01. The van der Waals surface area contributed by atoms with Crippen LogP contribution < -0.4 is 4.74 Å². The summed E-state index contributed by atoms with van der Waals surface area (Å²) in [6.07, 6.45) is 3.80. The monoisotopic (exact) mass is 336 g/mol. The lowest BCUT2D eigenvalue weighted by molar-refractivity contribution is 0.314. The number of ether oxygens (including phenoxy) is 1. The van der Waals surface area contributed by atoms with Gasteiger partial charge in [-0.05, 0) is 38.0 Å². The molecule has 0 atom stereocenters. The molecule has 1 aromatic carbocycles. The van der Waals surface area contributed by atoms with Gasteiger partial charge in [-0.2, -0.15) is 5.10 Å². The molecule has 0 amide bonds. The van der Waals surface area contributed by atoms with Gasteiger partial charge < -0.3 is 4.74 Å². The maximum Gasteiger partial charge on any atom is 0.126 e. The molecule has 25 heavy (non-hydrogen) atoms. The number of para-hydroxylation sites is 1. The van der Waals surface area contributed by atoms with Gasteiger partial charge in [-0.3, -0.25) is 4.68 Å². The summed E-state index contributed by atoms with van der Waals surface area (Å²) in [6.45, 7) is 6.73. The molecular weight excluding hydrogens is 312 g/mol. The number of hydrogen-bond acceptors (Lipinski definition) is 4. The van der Waals surface area contributed by atoms with E-state index in [1.165, 1.54) is 0 Å². The van der Waals surface area contributed by atoms with Crippen molar-refractivity contribution in [1.29, 1.82) is 0 Å². The van der Waals surface area contributed by atoms with Gasteiger partial charge in [-0.1, -0.05) is 25.1 Å². The number of nitrogens with zero attached hydrogens (tertiary/aromatic N) is 4. The standard InChI is InChI=1S/C20H24N4O/c1-5-10-25-19-9-7-6-8-16(19)12-17-13-24(4)23-20(17)18-11-14(2)21-15(3)22-18/h6-9,11,13H,5,10,12H2,1-4H3. The molecule has 2 aromatic heterocycles. The van der Waals surface area contributed by atoms with Crippen LogP contribution in [0.15, 0.2) is 36.5 Å². The zero-order valence-corrected chi connectivity index (χ0v) is 15.3. The van der Waals surface area contributed by atoms with Crippen molar-refractivity contribution in [2.24, 2.45) is 7.05 Å². The van der Waals surface area contributed by atoms with Gasteiger partial charge in [-0.25, -0.2) is 9.97 Å². The number of benzene rings is 1. The third kappa shape index (κ3) is 4.05. The van der Waals surface area contributed by atoms with Crippen LogP contribution in [0.3, 0.4) is 0 Å². The van der Waals surface area contributed by atoms with E-state index in [0.717, 1.165) is 59.2 Å². The SMILES string of the molecule is CCCOc1ccccc1Cc1cn(C)nc1-c1cc(C)nc(C)n1. The summed E-state index contributed by atoms with van der Waals surface area (Å²) in [4.78, 5) is 8.94. The summed E-state index contributed by atoms with van der Waals surface area (Å²) in [5, 5.41) is 4.64. The van der Waals surface area contributed by atoms with E-state index >= 15 is 0 Å². The predicted octanol–water partition coefficient (Wildman–Crippen LogP) is 3.87. The Bertz CT molecular complexity index is 850. The normalized spacial score (nSPS) is 10.9. The average molecular weight is 336 g/mol. The molecule has 0 N–H and O–H groups in total. The third-order valence-corrected chi connectivity index (χ3v) is 3.93. The van der Waals surface area contributed by atoms with Gasteiger partial charge >= 0.3 is 0 Å². The zero-order chi connectivity index (χ0) is 17.8. The van der Waals surface area contributed by atoms with Crippen molar-refractivity contribution < 1.29 is 4.74 Å². The molecule has 0 spiro atoms. The van der Waals surface area contributed by atoms with E-state index in [9.17, 15) is 0 Å². The molecule has 0 aliphatic carbocycles. The molecular formula is C20H24N4O. The molecule has 0 unspecified atom stereocenters. The Morgan fingerprint density at radius 2 is 1.88 bits per heavy atom. The summed E-state index contributed by atoms with van der Waals surface area (Å²) in [7, 11) is 1.94. The van der Waals surface area contributed by atoms with Crippen molar-refractivity contribution >= 4 is 0 Å². The Labute approximate surface area is 148 Å². The fourth-order valence-electron chi connectivity index (χ4n) is 2.93. The van der Waals surface area contributed by atoms with Crippen LogP contribution in [0.1, 0.15) is 36.0 Å². The first kappa shape index (κ1) is 17.1. The highest BCUT2D eigenvalue weighted by Gasteiger charge is 2.15. The Morgan fingerprint density at radius 1 is 1.08 bits per heavy atom. The molecule has 5 nitrogen and oxygen atoms in total. The van der Waals surface area contributed by atoms with Gasteiger partial charge in [0.2, 0.25) is 0 Å². The van der Waals surface area contributed by atoms with E-state index in [2.05, 4.69) is 34.3 Å².